The van der Waals surface area contributed by atoms with E-state index in [1.54, 1.807) is 11.1 Å². The van der Waals surface area contributed by atoms with Gasteiger partial charge in [-0.2, -0.15) is 13.2 Å². The summed E-state index contributed by atoms with van der Waals surface area (Å²) in [6.45, 7) is -0.0356. The molecule has 6 saturated carbocycles. The van der Waals surface area contributed by atoms with Crippen LogP contribution in [-0.4, -0.2) is 80.1 Å². The molecule has 286 valence electrons. The maximum Gasteiger partial charge on any atom is 0.434 e. The molecule has 0 aromatic carbocycles. The number of carbonyl (C=O) groups excluding carboxylic acids is 1. The Morgan fingerprint density at radius 2 is 1.55 bits per heavy atom. The first-order chi connectivity index (χ1) is 25.2. The normalized spacial score (nSPS) is 34.1. The van der Waals surface area contributed by atoms with Gasteiger partial charge in [0.2, 0.25) is 11.8 Å². The van der Waals surface area contributed by atoms with Gasteiger partial charge >= 0.3 is 12.1 Å². The summed E-state index contributed by atoms with van der Waals surface area (Å²) < 4.78 is 77.5. The number of pyridine rings is 1. The zero-order valence-electron chi connectivity index (χ0n) is 29.5. The number of nitrogens with one attached hydrogen (secondary N) is 1. The van der Waals surface area contributed by atoms with Gasteiger partial charge in [-0.25, -0.2) is 28.5 Å². The first kappa shape index (κ1) is 35.1. The number of halogens is 5. The van der Waals surface area contributed by atoms with Crippen LogP contribution < -0.4 is 15.0 Å². The van der Waals surface area contributed by atoms with Gasteiger partial charge in [0.05, 0.1) is 30.5 Å². The maximum absolute atomic E-state index is 14.8. The molecule has 0 atom stereocenters. The fourth-order valence-electron chi connectivity index (χ4n) is 11.6. The van der Waals surface area contributed by atoms with E-state index in [-0.39, 0.29) is 48.4 Å². The van der Waals surface area contributed by atoms with E-state index in [1.807, 2.05) is 11.0 Å². The molecule has 10 nitrogen and oxygen atoms in total. The van der Waals surface area contributed by atoms with Crippen LogP contribution in [0.3, 0.4) is 0 Å². The van der Waals surface area contributed by atoms with Gasteiger partial charge in [0.15, 0.2) is 5.69 Å². The van der Waals surface area contributed by atoms with Gasteiger partial charge in [0.25, 0.3) is 11.8 Å². The van der Waals surface area contributed by atoms with Crippen LogP contribution in [0.4, 0.5) is 33.6 Å². The number of likely N-dealkylation sites (tertiary alicyclic amines) is 1. The van der Waals surface area contributed by atoms with Crippen LogP contribution in [-0.2, 0) is 16.4 Å². The summed E-state index contributed by atoms with van der Waals surface area (Å²) in [7, 11) is 0. The Morgan fingerprint density at radius 3 is 2.15 bits per heavy atom. The first-order valence-corrected chi connectivity index (χ1v) is 19.3. The Labute approximate surface area is 304 Å². The minimum Gasteiger partial charge on any atom is -0.479 e. The molecule has 4 heterocycles. The summed E-state index contributed by atoms with van der Waals surface area (Å²) in [5, 5.41) is 13.1. The molecule has 4 bridgehead atoms. The lowest BCUT2D eigenvalue weighted by molar-refractivity contribution is -0.163. The number of aromatic nitrogens is 3. The number of carboxylic acids is 1. The highest BCUT2D eigenvalue weighted by atomic mass is 19.4. The zero-order chi connectivity index (χ0) is 36.9. The molecule has 2 aromatic rings. The molecule has 10 rings (SSSR count). The number of amides is 1. The van der Waals surface area contributed by atoms with Crippen LogP contribution in [0.1, 0.15) is 112 Å². The molecule has 1 amide bonds. The Hall–Kier alpha value is -3.62. The van der Waals surface area contributed by atoms with Crippen molar-refractivity contribution in [3.8, 4) is 5.88 Å². The van der Waals surface area contributed by atoms with Crippen molar-refractivity contribution < 1.29 is 41.4 Å². The fraction of sp³-hybridized carbons (Fsp3) is 0.711. The predicted molar refractivity (Wildman–Crippen MR) is 181 cm³/mol. The molecular weight excluding hydrogens is 699 g/mol. The van der Waals surface area contributed by atoms with E-state index in [4.69, 9.17) is 4.74 Å². The Balaban J connectivity index is 0.976. The average Bonchev–Trinajstić information content (AvgIpc) is 3.40. The van der Waals surface area contributed by atoms with Crippen LogP contribution in [0, 0.1) is 23.7 Å². The van der Waals surface area contributed by atoms with E-state index in [9.17, 15) is 36.6 Å². The molecule has 1 spiro atoms. The molecule has 15 heteroatoms. The lowest BCUT2D eigenvalue weighted by Gasteiger charge is -2.59. The molecule has 0 radical (unpaired) electrons. The first-order valence-electron chi connectivity index (χ1n) is 19.3. The van der Waals surface area contributed by atoms with Crippen molar-refractivity contribution in [3.05, 3.63) is 35.3 Å². The third-order valence-corrected chi connectivity index (χ3v) is 13.9. The number of ether oxygens (including phenoxy) is 1. The third kappa shape index (κ3) is 5.94. The van der Waals surface area contributed by atoms with Gasteiger partial charge in [-0.3, -0.25) is 9.69 Å². The standard InChI is InChI=1S/C38H45F5N6O4/c39-36(40)19-48(20-36)25-4-6-26(7-5-25)53-30-15-28-29(17-44-30)49(18-35(28)8-2-1-3-9-35)34-45-16-27(31(46-34)38(41,42)43)32(50)47-37(33(51)52)23-11-21-10-22(13-23)14-24(37)12-21/h15-17,21-26H,1-14,18-20H2,(H,47,50)(H,51,52)/t21?,22?,23?,24?,25-,26-,37?. The van der Waals surface area contributed by atoms with E-state index < -0.39 is 40.8 Å². The number of anilines is 2. The second kappa shape index (κ2) is 12.5. The molecule has 2 N–H and O–H groups in total. The number of nitrogens with zero attached hydrogens (tertiary/aromatic N) is 5. The minimum absolute atomic E-state index is 0.117. The Bertz CT molecular complexity index is 1760. The topological polar surface area (TPSA) is 121 Å². The van der Waals surface area contributed by atoms with Crippen LogP contribution in [0.5, 0.6) is 5.88 Å². The number of carbonyl (C=O) groups is 2. The highest BCUT2D eigenvalue weighted by Crippen LogP contribution is 2.59. The SMILES string of the molecule is O=C(NC1(C(=O)O)C2CC3CC(C2)CC1C3)c1cnc(N2CC3(CCCCC3)c3cc(O[C@H]4CC[C@H](N5CC(F)(F)C5)CC4)ncc32)nc1C(F)(F)F. The van der Waals surface area contributed by atoms with E-state index >= 15 is 0 Å². The number of hydrogen-bond acceptors (Lipinski definition) is 8. The Kier molecular flexibility index (Phi) is 8.25. The fourth-order valence-corrected chi connectivity index (χ4v) is 11.6. The lowest BCUT2D eigenvalue weighted by Crippen LogP contribution is -2.70. The van der Waals surface area contributed by atoms with Gasteiger partial charge in [-0.1, -0.05) is 19.3 Å². The summed E-state index contributed by atoms with van der Waals surface area (Å²) >= 11 is 0. The molecule has 2 aromatic heterocycles. The molecular formula is C38H45F5N6O4. The van der Waals surface area contributed by atoms with Crippen molar-refractivity contribution in [2.45, 2.75) is 125 Å². The second-order valence-electron chi connectivity index (χ2n) is 17.1. The summed E-state index contributed by atoms with van der Waals surface area (Å²) in [6, 6.07) is 2.02. The molecule has 1 saturated heterocycles. The van der Waals surface area contributed by atoms with E-state index in [0.29, 0.717) is 68.5 Å². The number of hydrogen-bond donors (Lipinski definition) is 2. The van der Waals surface area contributed by atoms with Crippen LogP contribution >= 0.6 is 0 Å². The zero-order valence-corrected chi connectivity index (χ0v) is 29.5. The van der Waals surface area contributed by atoms with Crippen LogP contribution in [0.15, 0.2) is 18.5 Å². The summed E-state index contributed by atoms with van der Waals surface area (Å²) in [4.78, 5) is 43.0. The highest BCUT2D eigenvalue weighted by Gasteiger charge is 2.62. The van der Waals surface area contributed by atoms with Crippen molar-refractivity contribution in [2.24, 2.45) is 23.7 Å². The van der Waals surface area contributed by atoms with Crippen LogP contribution in [0.25, 0.3) is 0 Å². The van der Waals surface area contributed by atoms with Gasteiger partial charge < -0.3 is 20.1 Å². The van der Waals surface area contributed by atoms with Gasteiger partial charge in [0.1, 0.15) is 11.6 Å². The number of fused-ring (bicyclic) bond motifs is 2. The Morgan fingerprint density at radius 1 is 0.887 bits per heavy atom. The summed E-state index contributed by atoms with van der Waals surface area (Å²) in [6.07, 6.45) is 8.51. The molecule has 6 aliphatic carbocycles. The van der Waals surface area contributed by atoms with Crippen molar-refractivity contribution in [2.75, 3.05) is 24.5 Å². The molecule has 53 heavy (non-hydrogen) atoms. The van der Waals surface area contributed by atoms with Crippen LogP contribution in [0.2, 0.25) is 0 Å². The van der Waals surface area contributed by atoms with Crippen molar-refractivity contribution in [1.82, 2.24) is 25.2 Å². The maximum atomic E-state index is 14.8. The van der Waals surface area contributed by atoms with Crippen molar-refractivity contribution in [3.63, 3.8) is 0 Å². The number of alkyl halides is 5. The number of carboxylic acid groups (broad SMARTS) is 1. The van der Waals surface area contributed by atoms with Crippen molar-refractivity contribution >= 4 is 23.5 Å². The molecule has 7 fully saturated rings. The number of aliphatic carboxylic acids is 1. The average molecular weight is 745 g/mol. The monoisotopic (exact) mass is 744 g/mol. The third-order valence-electron chi connectivity index (χ3n) is 13.9. The molecule has 0 unspecified atom stereocenters. The largest absolute Gasteiger partial charge is 0.479 e. The van der Waals surface area contributed by atoms with Gasteiger partial charge in [-0.05, 0) is 99.9 Å². The minimum atomic E-state index is -5.01. The highest BCUT2D eigenvalue weighted by molar-refractivity contribution is 5.99. The smallest absolute Gasteiger partial charge is 0.434 e. The van der Waals surface area contributed by atoms with Crippen molar-refractivity contribution in [1.29, 1.82) is 0 Å². The molecule has 2 aliphatic heterocycles. The van der Waals surface area contributed by atoms with E-state index in [2.05, 4.69) is 20.3 Å². The van der Waals surface area contributed by atoms with Gasteiger partial charge in [0, 0.05) is 30.3 Å². The lowest BCUT2D eigenvalue weighted by atomic mass is 9.48. The summed E-state index contributed by atoms with van der Waals surface area (Å²) in [5.74, 6) is -4.58. The summed E-state index contributed by atoms with van der Waals surface area (Å²) in [5.41, 5.74) is -2.68. The van der Waals surface area contributed by atoms with E-state index in [0.717, 1.165) is 63.1 Å². The number of rotatable bonds is 7. The molecule has 8 aliphatic rings. The quantitative estimate of drug-likeness (QED) is 0.292. The second-order valence-corrected chi connectivity index (χ2v) is 17.1. The van der Waals surface area contributed by atoms with Gasteiger partial charge in [-0.15, -0.1) is 0 Å². The predicted octanol–water partition coefficient (Wildman–Crippen LogP) is 6.89. The van der Waals surface area contributed by atoms with E-state index in [1.165, 1.54) is 0 Å².